The van der Waals surface area contributed by atoms with Crippen molar-refractivity contribution < 1.29 is 4.74 Å². The molecule has 0 aliphatic carbocycles. The van der Waals surface area contributed by atoms with E-state index in [1.165, 1.54) is 16.7 Å². The van der Waals surface area contributed by atoms with E-state index >= 15 is 0 Å². The van der Waals surface area contributed by atoms with Crippen molar-refractivity contribution in [1.82, 2.24) is 0 Å². The molecule has 0 spiro atoms. The highest BCUT2D eigenvalue weighted by Crippen LogP contribution is 2.39. The van der Waals surface area contributed by atoms with Crippen LogP contribution in [-0.4, -0.2) is 11.9 Å². The molecular weight excluding hydrogens is 300 g/mol. The molecule has 0 N–H and O–H groups in total. The van der Waals surface area contributed by atoms with Crippen LogP contribution in [0, 0.1) is 6.92 Å². The van der Waals surface area contributed by atoms with Gasteiger partial charge in [-0.15, -0.1) is 0 Å². The van der Waals surface area contributed by atoms with Crippen LogP contribution in [0.4, 0.5) is 0 Å². The summed E-state index contributed by atoms with van der Waals surface area (Å²) in [5.41, 5.74) is 4.11. The van der Waals surface area contributed by atoms with Gasteiger partial charge in [0, 0.05) is 10.9 Å². The van der Waals surface area contributed by atoms with Gasteiger partial charge in [0.25, 0.3) is 0 Å². The number of benzene rings is 1. The van der Waals surface area contributed by atoms with Crippen LogP contribution in [-0.2, 0) is 5.41 Å². The van der Waals surface area contributed by atoms with E-state index in [9.17, 15) is 0 Å². The third kappa shape index (κ3) is 4.24. The predicted octanol–water partition coefficient (Wildman–Crippen LogP) is 5.58. The van der Waals surface area contributed by atoms with Crippen molar-refractivity contribution in [2.75, 3.05) is 11.9 Å². The Hall–Kier alpha value is -0.500. The van der Waals surface area contributed by atoms with Crippen LogP contribution >= 0.6 is 15.9 Å². The minimum Gasteiger partial charge on any atom is -0.493 e. The second-order valence-electron chi connectivity index (χ2n) is 6.29. The van der Waals surface area contributed by atoms with Crippen LogP contribution in [0.25, 0.3) is 0 Å². The first kappa shape index (κ1) is 16.6. The smallest absolute Gasteiger partial charge is 0.126 e. The Bertz CT molecular complexity index is 418. The Morgan fingerprint density at radius 2 is 1.89 bits per heavy atom. The summed E-state index contributed by atoms with van der Waals surface area (Å²) in [4.78, 5) is 0. The summed E-state index contributed by atoms with van der Waals surface area (Å²) in [6.07, 6.45) is 1.13. The zero-order valence-corrected chi connectivity index (χ0v) is 14.7. The van der Waals surface area contributed by atoms with Gasteiger partial charge in [0.15, 0.2) is 0 Å². The first-order valence-corrected chi connectivity index (χ1v) is 8.27. The fraction of sp³-hybridized carbons (Fsp3) is 0.647. The molecule has 0 bridgehead atoms. The van der Waals surface area contributed by atoms with Gasteiger partial charge < -0.3 is 4.74 Å². The van der Waals surface area contributed by atoms with E-state index in [0.29, 0.717) is 5.92 Å². The highest BCUT2D eigenvalue weighted by Gasteiger charge is 2.23. The summed E-state index contributed by atoms with van der Waals surface area (Å²) in [5, 5.41) is 1.03. The topological polar surface area (TPSA) is 9.23 Å². The first-order valence-electron chi connectivity index (χ1n) is 7.15. The molecular formula is C17H27BrO. The molecule has 0 amide bonds. The van der Waals surface area contributed by atoms with Crippen LogP contribution in [0.3, 0.4) is 0 Å². The minimum atomic E-state index is 0.111. The predicted molar refractivity (Wildman–Crippen MR) is 87.9 cm³/mol. The summed E-state index contributed by atoms with van der Waals surface area (Å²) in [7, 11) is 0. The standard InChI is InChI=1S/C17H27BrO/c1-7-19-16-14(13(3)8-9-18)10-12(2)11-15(16)17(4,5)6/h10-11,13H,7-9H2,1-6H3. The molecule has 1 nitrogen and oxygen atoms in total. The van der Waals surface area contributed by atoms with Gasteiger partial charge in [-0.3, -0.25) is 0 Å². The van der Waals surface area contributed by atoms with Gasteiger partial charge in [-0.2, -0.15) is 0 Å². The molecule has 0 aliphatic rings. The Morgan fingerprint density at radius 1 is 1.26 bits per heavy atom. The van der Waals surface area contributed by atoms with Crippen LogP contribution < -0.4 is 4.74 Å². The molecule has 0 radical (unpaired) electrons. The Morgan fingerprint density at radius 3 is 2.37 bits per heavy atom. The third-order valence-corrected chi connectivity index (χ3v) is 3.89. The maximum Gasteiger partial charge on any atom is 0.126 e. The van der Waals surface area contributed by atoms with Crippen LogP contribution in [0.5, 0.6) is 5.75 Å². The van der Waals surface area contributed by atoms with Crippen molar-refractivity contribution in [3.05, 3.63) is 28.8 Å². The van der Waals surface area contributed by atoms with Crippen LogP contribution in [0.1, 0.15) is 63.6 Å². The van der Waals surface area contributed by atoms with E-state index in [4.69, 9.17) is 4.74 Å². The zero-order chi connectivity index (χ0) is 14.6. The zero-order valence-electron chi connectivity index (χ0n) is 13.1. The molecule has 0 fully saturated rings. The lowest BCUT2D eigenvalue weighted by atomic mass is 9.82. The lowest BCUT2D eigenvalue weighted by Crippen LogP contribution is -2.16. The fourth-order valence-electron chi connectivity index (χ4n) is 2.35. The van der Waals surface area contributed by atoms with Crippen molar-refractivity contribution in [1.29, 1.82) is 0 Å². The molecule has 108 valence electrons. The Labute approximate surface area is 126 Å². The molecule has 2 heteroatoms. The molecule has 1 atom stereocenters. The first-order chi connectivity index (χ1) is 8.81. The van der Waals surface area contributed by atoms with E-state index < -0.39 is 0 Å². The van der Waals surface area contributed by atoms with E-state index in [2.05, 4.69) is 69.6 Å². The highest BCUT2D eigenvalue weighted by atomic mass is 79.9. The molecule has 0 saturated heterocycles. The normalized spacial score (nSPS) is 13.4. The van der Waals surface area contributed by atoms with Crippen LogP contribution in [0.2, 0.25) is 0 Å². The number of hydrogen-bond donors (Lipinski definition) is 0. The number of aryl methyl sites for hydroxylation is 1. The molecule has 19 heavy (non-hydrogen) atoms. The molecule has 1 aromatic carbocycles. The molecule has 1 unspecified atom stereocenters. The van der Waals surface area contributed by atoms with E-state index in [-0.39, 0.29) is 5.41 Å². The average molecular weight is 327 g/mol. The molecule has 0 aliphatic heterocycles. The average Bonchev–Trinajstić information content (AvgIpc) is 2.30. The third-order valence-electron chi connectivity index (χ3n) is 3.43. The van der Waals surface area contributed by atoms with Crippen molar-refractivity contribution in [2.45, 2.75) is 59.3 Å². The van der Waals surface area contributed by atoms with Gasteiger partial charge in [-0.1, -0.05) is 61.3 Å². The van der Waals surface area contributed by atoms with Gasteiger partial charge in [-0.25, -0.2) is 0 Å². The molecule has 0 aromatic heterocycles. The number of halogens is 1. The van der Waals surface area contributed by atoms with Crippen LogP contribution in [0.15, 0.2) is 12.1 Å². The van der Waals surface area contributed by atoms with E-state index in [1.54, 1.807) is 0 Å². The van der Waals surface area contributed by atoms with Gasteiger partial charge in [-0.05, 0) is 37.2 Å². The van der Waals surface area contributed by atoms with Gasteiger partial charge >= 0.3 is 0 Å². The van der Waals surface area contributed by atoms with Gasteiger partial charge in [0.2, 0.25) is 0 Å². The number of ether oxygens (including phenoxy) is 1. The monoisotopic (exact) mass is 326 g/mol. The van der Waals surface area contributed by atoms with Crippen molar-refractivity contribution in [3.63, 3.8) is 0 Å². The summed E-state index contributed by atoms with van der Waals surface area (Å²) >= 11 is 3.55. The number of hydrogen-bond acceptors (Lipinski definition) is 1. The second-order valence-corrected chi connectivity index (χ2v) is 7.09. The Balaban J connectivity index is 3.39. The quantitative estimate of drug-likeness (QED) is 0.642. The van der Waals surface area contributed by atoms with Crippen molar-refractivity contribution >= 4 is 15.9 Å². The SMILES string of the molecule is CCOc1c(C(C)CCBr)cc(C)cc1C(C)(C)C. The lowest BCUT2D eigenvalue weighted by molar-refractivity contribution is 0.324. The molecule has 1 rings (SSSR count). The maximum atomic E-state index is 6.00. The van der Waals surface area contributed by atoms with Gasteiger partial charge in [0.1, 0.15) is 5.75 Å². The Kier molecular flexibility index (Phi) is 5.91. The van der Waals surface area contributed by atoms with E-state index in [0.717, 1.165) is 24.1 Å². The van der Waals surface area contributed by atoms with E-state index in [1.807, 2.05) is 0 Å². The molecule has 0 saturated carbocycles. The van der Waals surface area contributed by atoms with Crippen molar-refractivity contribution in [2.24, 2.45) is 0 Å². The summed E-state index contributed by atoms with van der Waals surface area (Å²) in [6, 6.07) is 4.56. The molecule has 1 aromatic rings. The number of rotatable bonds is 5. The van der Waals surface area contributed by atoms with Gasteiger partial charge in [0.05, 0.1) is 6.61 Å². The summed E-state index contributed by atoms with van der Waals surface area (Å²) in [6.45, 7) is 14.0. The summed E-state index contributed by atoms with van der Waals surface area (Å²) in [5.74, 6) is 1.62. The molecule has 0 heterocycles. The van der Waals surface area contributed by atoms with Crippen molar-refractivity contribution in [3.8, 4) is 5.75 Å². The second kappa shape index (κ2) is 6.78. The lowest BCUT2D eigenvalue weighted by Gasteiger charge is -2.27. The highest BCUT2D eigenvalue weighted by molar-refractivity contribution is 9.09. The summed E-state index contributed by atoms with van der Waals surface area (Å²) < 4.78 is 6.00. The fourth-order valence-corrected chi connectivity index (χ4v) is 3.04. The minimum absolute atomic E-state index is 0.111. The largest absolute Gasteiger partial charge is 0.493 e. The maximum absolute atomic E-state index is 6.00. The number of alkyl halides is 1.